The second-order valence-electron chi connectivity index (χ2n) is 6.96. The molecule has 6 heteroatoms. The van der Waals surface area contributed by atoms with Crippen molar-refractivity contribution < 1.29 is 19.1 Å². The fourth-order valence-electron chi connectivity index (χ4n) is 2.49. The van der Waals surface area contributed by atoms with Gasteiger partial charge < -0.3 is 15.4 Å². The summed E-state index contributed by atoms with van der Waals surface area (Å²) in [5.41, 5.74) is 2.75. The molecule has 2 aromatic rings. The summed E-state index contributed by atoms with van der Waals surface area (Å²) >= 11 is 0. The van der Waals surface area contributed by atoms with Crippen molar-refractivity contribution in [2.24, 2.45) is 0 Å². The fraction of sp³-hybridized carbons (Fsp3) is 0.318. The molecule has 0 bridgehead atoms. The average molecular weight is 382 g/mol. The van der Waals surface area contributed by atoms with E-state index in [4.69, 9.17) is 4.74 Å². The molecule has 0 spiro atoms. The zero-order chi connectivity index (χ0) is 20.7. The Labute approximate surface area is 165 Å². The first-order valence-corrected chi connectivity index (χ1v) is 9.21. The summed E-state index contributed by atoms with van der Waals surface area (Å²) in [6.07, 6.45) is -0.878. The summed E-state index contributed by atoms with van der Waals surface area (Å²) < 4.78 is 5.30. The number of hydrogen-bond donors (Lipinski definition) is 2. The number of benzene rings is 2. The van der Waals surface area contributed by atoms with E-state index in [1.807, 2.05) is 32.9 Å². The fourth-order valence-corrected chi connectivity index (χ4v) is 2.49. The van der Waals surface area contributed by atoms with Gasteiger partial charge in [0.1, 0.15) is 0 Å². The summed E-state index contributed by atoms with van der Waals surface area (Å²) in [5, 5.41) is 5.47. The highest BCUT2D eigenvalue weighted by molar-refractivity contribution is 6.01. The molecule has 2 N–H and O–H groups in total. The SMILES string of the molecule is Cc1ccc(C(=O)[C@H](C)OC(=O)c2ccc(CNC(=O)NC(C)C)cc2)cc1. The Morgan fingerprint density at radius 3 is 2.04 bits per heavy atom. The lowest BCUT2D eigenvalue weighted by Crippen LogP contribution is -2.39. The lowest BCUT2D eigenvalue weighted by Gasteiger charge is -2.13. The summed E-state index contributed by atoms with van der Waals surface area (Å²) in [7, 11) is 0. The Morgan fingerprint density at radius 2 is 1.46 bits per heavy atom. The molecule has 0 radical (unpaired) electrons. The number of Topliss-reactive ketones (excluding diaryl/α,β-unsaturated/α-hetero) is 1. The molecule has 0 fully saturated rings. The van der Waals surface area contributed by atoms with Gasteiger partial charge in [0, 0.05) is 18.2 Å². The number of amides is 2. The third kappa shape index (κ3) is 6.23. The van der Waals surface area contributed by atoms with Gasteiger partial charge in [0.2, 0.25) is 5.78 Å². The number of nitrogens with one attached hydrogen (secondary N) is 2. The zero-order valence-electron chi connectivity index (χ0n) is 16.6. The van der Waals surface area contributed by atoms with Crippen LogP contribution in [0.5, 0.6) is 0 Å². The molecule has 0 heterocycles. The Kier molecular flexibility index (Phi) is 7.32. The van der Waals surface area contributed by atoms with Crippen molar-refractivity contribution >= 4 is 17.8 Å². The molecule has 2 aromatic carbocycles. The number of urea groups is 1. The molecule has 0 saturated carbocycles. The van der Waals surface area contributed by atoms with Crippen molar-refractivity contribution in [3.05, 3.63) is 70.8 Å². The van der Waals surface area contributed by atoms with Crippen molar-refractivity contribution in [2.75, 3.05) is 0 Å². The number of aryl methyl sites for hydroxylation is 1. The third-order valence-corrected chi connectivity index (χ3v) is 4.05. The van der Waals surface area contributed by atoms with Crippen LogP contribution in [-0.2, 0) is 11.3 Å². The largest absolute Gasteiger partial charge is 0.451 e. The highest BCUT2D eigenvalue weighted by Gasteiger charge is 2.20. The van der Waals surface area contributed by atoms with Crippen molar-refractivity contribution in [3.63, 3.8) is 0 Å². The number of ether oxygens (including phenoxy) is 1. The highest BCUT2D eigenvalue weighted by atomic mass is 16.5. The van der Waals surface area contributed by atoms with Gasteiger partial charge in [-0.15, -0.1) is 0 Å². The van der Waals surface area contributed by atoms with Crippen LogP contribution in [-0.4, -0.2) is 29.9 Å². The van der Waals surface area contributed by atoms with E-state index in [1.165, 1.54) is 0 Å². The van der Waals surface area contributed by atoms with E-state index in [2.05, 4.69) is 10.6 Å². The molecule has 1 atom stereocenters. The molecule has 0 aliphatic rings. The lowest BCUT2D eigenvalue weighted by molar-refractivity contribution is 0.0319. The first-order chi connectivity index (χ1) is 13.3. The number of hydrogen-bond acceptors (Lipinski definition) is 4. The molecule has 2 rings (SSSR count). The predicted octanol–water partition coefficient (Wildman–Crippen LogP) is 3.63. The van der Waals surface area contributed by atoms with Crippen molar-refractivity contribution in [1.29, 1.82) is 0 Å². The van der Waals surface area contributed by atoms with Crippen molar-refractivity contribution in [2.45, 2.75) is 46.4 Å². The van der Waals surface area contributed by atoms with Gasteiger partial charge in [0.25, 0.3) is 0 Å². The monoisotopic (exact) mass is 382 g/mol. The number of rotatable bonds is 7. The Bertz CT molecular complexity index is 827. The van der Waals surface area contributed by atoms with Crippen molar-refractivity contribution in [1.82, 2.24) is 10.6 Å². The smallest absolute Gasteiger partial charge is 0.338 e. The van der Waals surface area contributed by atoms with E-state index >= 15 is 0 Å². The van der Waals surface area contributed by atoms with Crippen LogP contribution < -0.4 is 10.6 Å². The van der Waals surface area contributed by atoms with Crippen LogP contribution >= 0.6 is 0 Å². The van der Waals surface area contributed by atoms with Crippen LogP contribution in [0.3, 0.4) is 0 Å². The molecule has 0 aromatic heterocycles. The maximum Gasteiger partial charge on any atom is 0.338 e. The van der Waals surface area contributed by atoms with E-state index < -0.39 is 12.1 Å². The van der Waals surface area contributed by atoms with Crippen LogP contribution in [0.25, 0.3) is 0 Å². The molecule has 6 nitrogen and oxygen atoms in total. The summed E-state index contributed by atoms with van der Waals surface area (Å²) in [6.45, 7) is 7.60. The van der Waals surface area contributed by atoms with Crippen molar-refractivity contribution in [3.8, 4) is 0 Å². The minimum absolute atomic E-state index is 0.0572. The van der Waals surface area contributed by atoms with Crippen LogP contribution in [0, 0.1) is 6.92 Å². The standard InChI is InChI=1S/C22H26N2O4/c1-14(2)24-22(27)23-13-17-7-11-19(12-8-17)21(26)28-16(4)20(25)18-9-5-15(3)6-10-18/h5-12,14,16H,13H2,1-4H3,(H2,23,24,27)/t16-/m0/s1. The molecule has 2 amide bonds. The second-order valence-corrected chi connectivity index (χ2v) is 6.96. The maximum atomic E-state index is 12.4. The van der Waals surface area contributed by atoms with Gasteiger partial charge in [0.15, 0.2) is 6.10 Å². The van der Waals surface area contributed by atoms with Gasteiger partial charge in [-0.25, -0.2) is 9.59 Å². The molecule has 0 aliphatic carbocycles. The van der Waals surface area contributed by atoms with Crippen LogP contribution in [0.2, 0.25) is 0 Å². The Balaban J connectivity index is 1.90. The normalized spacial score (nSPS) is 11.6. The maximum absolute atomic E-state index is 12.4. The third-order valence-electron chi connectivity index (χ3n) is 4.05. The van der Waals surface area contributed by atoms with Gasteiger partial charge in [-0.2, -0.15) is 0 Å². The number of carbonyl (C=O) groups excluding carboxylic acids is 3. The molecule has 148 valence electrons. The van der Waals surface area contributed by atoms with Gasteiger partial charge >= 0.3 is 12.0 Å². The lowest BCUT2D eigenvalue weighted by atomic mass is 10.1. The van der Waals surface area contributed by atoms with E-state index in [1.54, 1.807) is 43.3 Å². The molecule has 0 aliphatic heterocycles. The highest BCUT2D eigenvalue weighted by Crippen LogP contribution is 2.12. The quantitative estimate of drug-likeness (QED) is 0.566. The van der Waals surface area contributed by atoms with Gasteiger partial charge in [0.05, 0.1) is 5.56 Å². The number of esters is 1. The zero-order valence-corrected chi connectivity index (χ0v) is 16.6. The first kappa shape index (κ1) is 21.2. The van der Waals surface area contributed by atoms with E-state index in [0.29, 0.717) is 17.7 Å². The van der Waals surface area contributed by atoms with Crippen LogP contribution in [0.4, 0.5) is 4.79 Å². The minimum atomic E-state index is -0.878. The minimum Gasteiger partial charge on any atom is -0.451 e. The Hall–Kier alpha value is -3.15. The van der Waals surface area contributed by atoms with Gasteiger partial charge in [-0.1, -0.05) is 42.0 Å². The first-order valence-electron chi connectivity index (χ1n) is 9.21. The predicted molar refractivity (Wildman–Crippen MR) is 107 cm³/mol. The van der Waals surface area contributed by atoms with E-state index in [9.17, 15) is 14.4 Å². The summed E-state index contributed by atoms with van der Waals surface area (Å²) in [4.78, 5) is 36.3. The Morgan fingerprint density at radius 1 is 0.893 bits per heavy atom. The van der Waals surface area contributed by atoms with Crippen LogP contribution in [0.15, 0.2) is 48.5 Å². The number of ketones is 1. The molecular weight excluding hydrogens is 356 g/mol. The molecule has 0 saturated heterocycles. The van der Waals surface area contributed by atoms with E-state index in [0.717, 1.165) is 11.1 Å². The van der Waals surface area contributed by atoms with E-state index in [-0.39, 0.29) is 17.9 Å². The summed E-state index contributed by atoms with van der Waals surface area (Å²) in [5.74, 6) is -0.810. The topological polar surface area (TPSA) is 84.5 Å². The molecule has 28 heavy (non-hydrogen) atoms. The molecule has 0 unspecified atom stereocenters. The second kappa shape index (κ2) is 9.69. The average Bonchev–Trinajstić information content (AvgIpc) is 2.66. The summed E-state index contributed by atoms with van der Waals surface area (Å²) in [6, 6.07) is 13.6. The van der Waals surface area contributed by atoms with Gasteiger partial charge in [-0.05, 0) is 45.4 Å². The molecular formula is C22H26N2O4. The van der Waals surface area contributed by atoms with Crippen LogP contribution in [0.1, 0.15) is 52.6 Å². The number of carbonyl (C=O) groups is 3. The van der Waals surface area contributed by atoms with Gasteiger partial charge in [-0.3, -0.25) is 4.79 Å².